The molecule has 0 N–H and O–H groups in total. The van der Waals surface area contributed by atoms with E-state index in [1.165, 1.54) is 0 Å². The Morgan fingerprint density at radius 3 is 2.45 bits per heavy atom. The summed E-state index contributed by atoms with van der Waals surface area (Å²) in [6, 6.07) is 0. The Labute approximate surface area is 134 Å². The smallest absolute Gasteiger partial charge is 0.214 e. The van der Waals surface area contributed by atoms with Crippen LogP contribution in [0, 0.1) is 0 Å². The standard InChI is InChI=1S/C15H28N4O2S/c1-4-13-22(20,21)19-11-8-17(9-12-19)7-10-18-6-5-16-15(18)14(2)3/h5-6,14H,4,7-13H2,1-3H3. The van der Waals surface area contributed by atoms with Crippen molar-refractivity contribution in [1.82, 2.24) is 18.8 Å². The molecule has 0 saturated carbocycles. The van der Waals surface area contributed by atoms with E-state index in [0.717, 1.165) is 32.0 Å². The van der Waals surface area contributed by atoms with E-state index in [0.29, 0.717) is 25.4 Å². The van der Waals surface area contributed by atoms with E-state index in [2.05, 4.69) is 28.3 Å². The van der Waals surface area contributed by atoms with Crippen molar-refractivity contribution in [3.63, 3.8) is 0 Å². The second-order valence-electron chi connectivity index (χ2n) is 6.19. The summed E-state index contributed by atoms with van der Waals surface area (Å²) in [4.78, 5) is 6.74. The summed E-state index contributed by atoms with van der Waals surface area (Å²) in [5.74, 6) is 1.80. The summed E-state index contributed by atoms with van der Waals surface area (Å²) < 4.78 is 27.9. The molecular formula is C15H28N4O2S. The van der Waals surface area contributed by atoms with Crippen LogP contribution in [0.3, 0.4) is 0 Å². The van der Waals surface area contributed by atoms with Crippen LogP contribution in [0.1, 0.15) is 38.9 Å². The largest absolute Gasteiger partial charge is 0.333 e. The van der Waals surface area contributed by atoms with Gasteiger partial charge in [0.05, 0.1) is 5.75 Å². The Morgan fingerprint density at radius 2 is 1.86 bits per heavy atom. The minimum Gasteiger partial charge on any atom is -0.333 e. The maximum atomic E-state index is 12.1. The van der Waals surface area contributed by atoms with Crippen molar-refractivity contribution < 1.29 is 8.42 Å². The molecule has 1 aliphatic heterocycles. The Bertz CT molecular complexity index is 560. The second-order valence-corrected chi connectivity index (χ2v) is 8.28. The summed E-state index contributed by atoms with van der Waals surface area (Å²) in [6.07, 6.45) is 4.56. The maximum Gasteiger partial charge on any atom is 0.214 e. The van der Waals surface area contributed by atoms with Crippen LogP contribution in [-0.2, 0) is 16.6 Å². The monoisotopic (exact) mass is 328 g/mol. The molecule has 1 aliphatic rings. The van der Waals surface area contributed by atoms with Crippen molar-refractivity contribution in [2.24, 2.45) is 0 Å². The zero-order valence-electron chi connectivity index (χ0n) is 13.9. The van der Waals surface area contributed by atoms with E-state index in [9.17, 15) is 8.42 Å². The summed E-state index contributed by atoms with van der Waals surface area (Å²) in [5, 5.41) is 0. The van der Waals surface area contributed by atoms with Crippen molar-refractivity contribution in [3.05, 3.63) is 18.2 Å². The first-order valence-electron chi connectivity index (χ1n) is 8.15. The van der Waals surface area contributed by atoms with Gasteiger partial charge in [0, 0.05) is 57.6 Å². The molecule has 0 bridgehead atoms. The zero-order valence-corrected chi connectivity index (χ0v) is 14.7. The highest BCUT2D eigenvalue weighted by Crippen LogP contribution is 2.13. The fourth-order valence-corrected chi connectivity index (χ4v) is 4.37. The summed E-state index contributed by atoms with van der Waals surface area (Å²) in [5.41, 5.74) is 0. The van der Waals surface area contributed by atoms with Crippen LogP contribution in [-0.4, -0.2) is 65.7 Å². The molecule has 6 nitrogen and oxygen atoms in total. The first kappa shape index (κ1) is 17.4. The average Bonchev–Trinajstić information content (AvgIpc) is 2.94. The molecule has 22 heavy (non-hydrogen) atoms. The highest BCUT2D eigenvalue weighted by molar-refractivity contribution is 7.89. The molecule has 1 fully saturated rings. The lowest BCUT2D eigenvalue weighted by Gasteiger charge is -2.34. The van der Waals surface area contributed by atoms with Crippen LogP contribution in [0.4, 0.5) is 0 Å². The maximum absolute atomic E-state index is 12.1. The molecular weight excluding hydrogens is 300 g/mol. The Morgan fingerprint density at radius 1 is 1.18 bits per heavy atom. The zero-order chi connectivity index (χ0) is 16.2. The number of rotatable bonds is 7. The fourth-order valence-electron chi connectivity index (χ4n) is 2.88. The first-order chi connectivity index (χ1) is 10.4. The highest BCUT2D eigenvalue weighted by atomic mass is 32.2. The molecule has 0 unspecified atom stereocenters. The number of imidazole rings is 1. The molecule has 0 radical (unpaired) electrons. The van der Waals surface area contributed by atoms with Crippen molar-refractivity contribution in [3.8, 4) is 0 Å². The van der Waals surface area contributed by atoms with Gasteiger partial charge < -0.3 is 4.57 Å². The third-order valence-corrected chi connectivity index (χ3v) is 6.18. The normalized spacial score (nSPS) is 18.2. The second kappa shape index (κ2) is 7.57. The number of nitrogens with zero attached hydrogens (tertiary/aromatic N) is 4. The van der Waals surface area contributed by atoms with E-state index in [-0.39, 0.29) is 5.75 Å². The minimum atomic E-state index is -3.04. The van der Waals surface area contributed by atoms with Crippen molar-refractivity contribution in [2.45, 2.75) is 39.7 Å². The molecule has 0 spiro atoms. The van der Waals surface area contributed by atoms with Crippen LogP contribution >= 0.6 is 0 Å². The van der Waals surface area contributed by atoms with Gasteiger partial charge in [-0.2, -0.15) is 4.31 Å². The molecule has 0 aliphatic carbocycles. The van der Waals surface area contributed by atoms with Crippen molar-refractivity contribution >= 4 is 10.0 Å². The van der Waals surface area contributed by atoms with Gasteiger partial charge in [-0.3, -0.25) is 4.90 Å². The molecule has 0 atom stereocenters. The number of sulfonamides is 1. The Balaban J connectivity index is 1.82. The van der Waals surface area contributed by atoms with E-state index in [1.807, 2.05) is 19.3 Å². The minimum absolute atomic E-state index is 0.264. The van der Waals surface area contributed by atoms with Gasteiger partial charge >= 0.3 is 0 Å². The molecule has 126 valence electrons. The molecule has 2 rings (SSSR count). The first-order valence-corrected chi connectivity index (χ1v) is 9.76. The van der Waals surface area contributed by atoms with Gasteiger partial charge in [0.1, 0.15) is 5.82 Å². The predicted molar refractivity (Wildman–Crippen MR) is 88.4 cm³/mol. The Kier molecular flexibility index (Phi) is 6.00. The van der Waals surface area contributed by atoms with Gasteiger partial charge in [-0.25, -0.2) is 13.4 Å². The number of hydrogen-bond acceptors (Lipinski definition) is 4. The van der Waals surface area contributed by atoms with Crippen LogP contribution in [0.25, 0.3) is 0 Å². The summed E-state index contributed by atoms with van der Waals surface area (Å²) in [6.45, 7) is 10.9. The third-order valence-electron chi connectivity index (χ3n) is 4.11. The average molecular weight is 328 g/mol. The van der Waals surface area contributed by atoms with Crippen LogP contribution in [0.5, 0.6) is 0 Å². The lowest BCUT2D eigenvalue weighted by molar-refractivity contribution is 0.182. The predicted octanol–water partition coefficient (Wildman–Crippen LogP) is 1.36. The molecule has 7 heteroatoms. The van der Waals surface area contributed by atoms with E-state index < -0.39 is 10.0 Å². The number of aromatic nitrogens is 2. The molecule has 1 aromatic rings. The molecule has 0 amide bonds. The van der Waals surface area contributed by atoms with Gasteiger partial charge in [-0.05, 0) is 6.42 Å². The SMILES string of the molecule is CCCS(=O)(=O)N1CCN(CCn2ccnc2C(C)C)CC1. The van der Waals surface area contributed by atoms with Crippen molar-refractivity contribution in [2.75, 3.05) is 38.5 Å². The van der Waals surface area contributed by atoms with Crippen LogP contribution in [0.2, 0.25) is 0 Å². The third kappa shape index (κ3) is 4.30. The van der Waals surface area contributed by atoms with Gasteiger partial charge in [0.15, 0.2) is 0 Å². The topological polar surface area (TPSA) is 58.4 Å². The number of hydrogen-bond donors (Lipinski definition) is 0. The van der Waals surface area contributed by atoms with E-state index in [4.69, 9.17) is 0 Å². The lowest BCUT2D eigenvalue weighted by atomic mass is 10.2. The van der Waals surface area contributed by atoms with Gasteiger partial charge in [-0.15, -0.1) is 0 Å². The van der Waals surface area contributed by atoms with Crippen LogP contribution < -0.4 is 0 Å². The summed E-state index contributed by atoms with van der Waals surface area (Å²) >= 11 is 0. The van der Waals surface area contributed by atoms with Crippen molar-refractivity contribution in [1.29, 1.82) is 0 Å². The lowest BCUT2D eigenvalue weighted by Crippen LogP contribution is -2.49. The van der Waals surface area contributed by atoms with E-state index >= 15 is 0 Å². The van der Waals surface area contributed by atoms with Gasteiger partial charge in [0.2, 0.25) is 10.0 Å². The van der Waals surface area contributed by atoms with Crippen LogP contribution in [0.15, 0.2) is 12.4 Å². The van der Waals surface area contributed by atoms with Gasteiger partial charge in [0.25, 0.3) is 0 Å². The fraction of sp³-hybridized carbons (Fsp3) is 0.800. The molecule has 1 saturated heterocycles. The van der Waals surface area contributed by atoms with E-state index in [1.54, 1.807) is 4.31 Å². The highest BCUT2D eigenvalue weighted by Gasteiger charge is 2.25. The number of piperazine rings is 1. The molecule has 1 aromatic heterocycles. The molecule has 0 aromatic carbocycles. The van der Waals surface area contributed by atoms with Gasteiger partial charge in [-0.1, -0.05) is 20.8 Å². The molecule has 2 heterocycles. The Hall–Kier alpha value is -0.920. The summed E-state index contributed by atoms with van der Waals surface area (Å²) in [7, 11) is -3.04. The quantitative estimate of drug-likeness (QED) is 0.758.